The fourth-order valence-electron chi connectivity index (χ4n) is 2.88. The second kappa shape index (κ2) is 5.16. The van der Waals surface area contributed by atoms with Crippen molar-refractivity contribution < 1.29 is 14.7 Å². The van der Waals surface area contributed by atoms with Crippen molar-refractivity contribution >= 4 is 22.8 Å². The predicted octanol–water partition coefficient (Wildman–Crippen LogP) is 2.17. The first kappa shape index (κ1) is 13.5. The van der Waals surface area contributed by atoms with Crippen LogP contribution in [0.5, 0.6) is 0 Å². The number of hydrogen-bond donors (Lipinski definition) is 1. The van der Waals surface area contributed by atoms with Crippen LogP contribution < -0.4 is 0 Å². The van der Waals surface area contributed by atoms with Gasteiger partial charge in [0.25, 0.3) is 5.91 Å². The van der Waals surface area contributed by atoms with E-state index in [-0.39, 0.29) is 11.8 Å². The molecule has 2 aromatic rings. The van der Waals surface area contributed by atoms with E-state index < -0.39 is 12.0 Å². The van der Waals surface area contributed by atoms with Crippen LogP contribution in [0.4, 0.5) is 0 Å². The number of aromatic nitrogens is 1. The number of carbonyl (C=O) groups excluding carboxylic acids is 1. The second-order valence-electron chi connectivity index (χ2n) is 5.44. The van der Waals surface area contributed by atoms with Crippen LogP contribution in [-0.2, 0) is 4.79 Å². The first-order valence-electron chi connectivity index (χ1n) is 6.97. The lowest BCUT2D eigenvalue weighted by atomic mass is 10.0. The molecule has 2 atom stereocenters. The summed E-state index contributed by atoms with van der Waals surface area (Å²) in [6.07, 6.45) is 0.705. The van der Waals surface area contributed by atoms with Gasteiger partial charge >= 0.3 is 5.97 Å². The average molecular weight is 284 g/mol. The van der Waals surface area contributed by atoms with Crippen LogP contribution in [0.3, 0.4) is 0 Å². The lowest BCUT2D eigenvalue weighted by Gasteiger charge is -2.23. The van der Waals surface area contributed by atoms with Crippen molar-refractivity contribution in [3.8, 4) is 0 Å². The molecule has 1 aliphatic heterocycles. The molecule has 0 radical (unpaired) electrons. The molecule has 2 unspecified atom stereocenters. The van der Waals surface area contributed by atoms with E-state index >= 15 is 0 Å². The molecule has 21 heavy (non-hydrogen) atoms. The van der Waals surface area contributed by atoms with Crippen LogP contribution in [0.15, 0.2) is 36.4 Å². The highest BCUT2D eigenvalue weighted by molar-refractivity contribution is 5.97. The maximum Gasteiger partial charge on any atom is 0.326 e. The quantitative estimate of drug-likeness (QED) is 0.917. The van der Waals surface area contributed by atoms with Gasteiger partial charge in [0.1, 0.15) is 11.7 Å². The van der Waals surface area contributed by atoms with Crippen LogP contribution in [0.2, 0.25) is 0 Å². The molecule has 0 spiro atoms. The number of carbonyl (C=O) groups is 2. The van der Waals surface area contributed by atoms with Crippen molar-refractivity contribution in [3.05, 3.63) is 42.1 Å². The zero-order chi connectivity index (χ0) is 15.0. The fourth-order valence-corrected chi connectivity index (χ4v) is 2.88. The van der Waals surface area contributed by atoms with Gasteiger partial charge in [-0.2, -0.15) is 0 Å². The molecular weight excluding hydrogens is 268 g/mol. The molecule has 1 N–H and O–H groups in total. The Bertz CT molecular complexity index is 713. The molecule has 1 aliphatic rings. The summed E-state index contributed by atoms with van der Waals surface area (Å²) >= 11 is 0. The maximum absolute atomic E-state index is 12.6. The number of carboxylic acids is 1. The predicted molar refractivity (Wildman–Crippen MR) is 78.0 cm³/mol. The number of carboxylic acid groups (broad SMARTS) is 1. The minimum absolute atomic E-state index is 0.0353. The SMILES string of the molecule is CC1CCN(C(=O)c2ccc3ccccc3n2)C1C(=O)O. The molecule has 1 amide bonds. The van der Waals surface area contributed by atoms with Crippen molar-refractivity contribution in [2.45, 2.75) is 19.4 Å². The second-order valence-corrected chi connectivity index (χ2v) is 5.44. The van der Waals surface area contributed by atoms with Crippen LogP contribution >= 0.6 is 0 Å². The topological polar surface area (TPSA) is 70.5 Å². The molecule has 2 heterocycles. The van der Waals surface area contributed by atoms with Crippen molar-refractivity contribution in [1.29, 1.82) is 0 Å². The van der Waals surface area contributed by atoms with Crippen molar-refractivity contribution in [2.75, 3.05) is 6.54 Å². The number of hydrogen-bond acceptors (Lipinski definition) is 3. The molecule has 5 nitrogen and oxygen atoms in total. The number of rotatable bonds is 2. The number of benzene rings is 1. The minimum Gasteiger partial charge on any atom is -0.480 e. The lowest BCUT2D eigenvalue weighted by molar-refractivity contribution is -0.142. The van der Waals surface area contributed by atoms with Crippen LogP contribution in [0.25, 0.3) is 10.9 Å². The van der Waals surface area contributed by atoms with E-state index in [1.165, 1.54) is 4.90 Å². The third-order valence-corrected chi connectivity index (χ3v) is 4.03. The number of nitrogens with zero attached hydrogens (tertiary/aromatic N) is 2. The molecule has 1 aromatic carbocycles. The van der Waals surface area contributed by atoms with Gasteiger partial charge < -0.3 is 10.0 Å². The van der Waals surface area contributed by atoms with E-state index in [0.29, 0.717) is 18.7 Å². The lowest BCUT2D eigenvalue weighted by Crippen LogP contribution is -2.43. The van der Waals surface area contributed by atoms with E-state index in [9.17, 15) is 14.7 Å². The van der Waals surface area contributed by atoms with Gasteiger partial charge in [-0.15, -0.1) is 0 Å². The number of aliphatic carboxylic acids is 1. The summed E-state index contributed by atoms with van der Waals surface area (Å²) in [7, 11) is 0. The van der Waals surface area contributed by atoms with Gasteiger partial charge in [-0.3, -0.25) is 4.79 Å². The number of likely N-dealkylation sites (tertiary alicyclic amines) is 1. The molecule has 1 saturated heterocycles. The number of para-hydroxylation sites is 1. The van der Waals surface area contributed by atoms with Crippen molar-refractivity contribution in [3.63, 3.8) is 0 Å². The third kappa shape index (κ3) is 2.35. The first-order valence-corrected chi connectivity index (χ1v) is 6.97. The third-order valence-electron chi connectivity index (χ3n) is 4.03. The Balaban J connectivity index is 1.94. The molecule has 5 heteroatoms. The molecule has 3 rings (SSSR count). The number of fused-ring (bicyclic) bond motifs is 1. The summed E-state index contributed by atoms with van der Waals surface area (Å²) < 4.78 is 0. The van der Waals surface area contributed by atoms with Gasteiger partial charge in [0.05, 0.1) is 5.52 Å². The van der Waals surface area contributed by atoms with Gasteiger partial charge in [0.15, 0.2) is 0 Å². The standard InChI is InChI=1S/C16H16N2O3/c1-10-8-9-18(14(10)16(20)21)15(19)13-7-6-11-4-2-3-5-12(11)17-13/h2-7,10,14H,8-9H2,1H3,(H,20,21). The molecular formula is C16H16N2O3. The normalized spacial score (nSPS) is 21.7. The van der Waals surface area contributed by atoms with Gasteiger partial charge in [-0.05, 0) is 24.5 Å². The number of pyridine rings is 1. The maximum atomic E-state index is 12.6. The minimum atomic E-state index is -0.950. The van der Waals surface area contributed by atoms with Crippen LogP contribution in [0.1, 0.15) is 23.8 Å². The fraction of sp³-hybridized carbons (Fsp3) is 0.312. The van der Waals surface area contributed by atoms with Gasteiger partial charge in [0.2, 0.25) is 0 Å². The van der Waals surface area contributed by atoms with Crippen molar-refractivity contribution in [1.82, 2.24) is 9.88 Å². The molecule has 0 saturated carbocycles. The summed E-state index contributed by atoms with van der Waals surface area (Å²) in [6, 6.07) is 10.3. The highest BCUT2D eigenvalue weighted by atomic mass is 16.4. The summed E-state index contributed by atoms with van der Waals surface area (Å²) in [5.41, 5.74) is 1.04. The summed E-state index contributed by atoms with van der Waals surface area (Å²) in [4.78, 5) is 29.7. The van der Waals surface area contributed by atoms with Gasteiger partial charge in [-0.25, -0.2) is 9.78 Å². The van der Waals surface area contributed by atoms with E-state index in [0.717, 1.165) is 10.9 Å². The van der Waals surface area contributed by atoms with E-state index in [1.54, 1.807) is 6.07 Å². The van der Waals surface area contributed by atoms with Crippen LogP contribution in [0, 0.1) is 5.92 Å². The number of amides is 1. The Morgan fingerprint density at radius 1 is 1.24 bits per heavy atom. The van der Waals surface area contributed by atoms with Crippen molar-refractivity contribution in [2.24, 2.45) is 5.92 Å². The van der Waals surface area contributed by atoms with E-state index in [1.807, 2.05) is 37.3 Å². The first-order chi connectivity index (χ1) is 10.1. The molecule has 1 aromatic heterocycles. The Hall–Kier alpha value is -2.43. The molecule has 0 bridgehead atoms. The highest BCUT2D eigenvalue weighted by Crippen LogP contribution is 2.26. The van der Waals surface area contributed by atoms with Gasteiger partial charge in [0, 0.05) is 11.9 Å². The zero-order valence-corrected chi connectivity index (χ0v) is 11.7. The van der Waals surface area contributed by atoms with E-state index in [4.69, 9.17) is 0 Å². The van der Waals surface area contributed by atoms with Crippen LogP contribution in [-0.4, -0.2) is 39.5 Å². The zero-order valence-electron chi connectivity index (χ0n) is 11.7. The smallest absolute Gasteiger partial charge is 0.326 e. The average Bonchev–Trinajstić information content (AvgIpc) is 2.88. The molecule has 0 aliphatic carbocycles. The summed E-state index contributed by atoms with van der Waals surface area (Å²) in [5.74, 6) is -1.29. The highest BCUT2D eigenvalue weighted by Gasteiger charge is 2.40. The summed E-state index contributed by atoms with van der Waals surface area (Å²) in [5, 5.41) is 10.3. The Morgan fingerprint density at radius 2 is 2.00 bits per heavy atom. The Morgan fingerprint density at radius 3 is 2.76 bits per heavy atom. The Labute approximate surface area is 122 Å². The largest absolute Gasteiger partial charge is 0.480 e. The summed E-state index contributed by atoms with van der Waals surface area (Å²) in [6.45, 7) is 2.32. The molecule has 108 valence electrons. The monoisotopic (exact) mass is 284 g/mol. The Kier molecular flexibility index (Phi) is 3.33. The van der Waals surface area contributed by atoms with Gasteiger partial charge in [-0.1, -0.05) is 31.2 Å². The van der Waals surface area contributed by atoms with E-state index in [2.05, 4.69) is 4.98 Å². The molecule has 1 fully saturated rings.